The van der Waals surface area contributed by atoms with E-state index in [4.69, 9.17) is 4.74 Å². The number of esters is 1. The number of para-hydroxylation sites is 3. The molecule has 0 aliphatic carbocycles. The molecule has 3 rings (SSSR count). The summed E-state index contributed by atoms with van der Waals surface area (Å²) in [6.07, 6.45) is 0.846. The molecule has 2 aromatic rings. The van der Waals surface area contributed by atoms with Crippen molar-refractivity contribution in [2.45, 2.75) is 25.8 Å². The lowest BCUT2D eigenvalue weighted by Crippen LogP contribution is -2.39. The Labute approximate surface area is 134 Å². The molecule has 1 aliphatic heterocycles. The molecule has 0 saturated carbocycles. The molecule has 0 spiro atoms. The van der Waals surface area contributed by atoms with Crippen molar-refractivity contribution in [3.63, 3.8) is 0 Å². The van der Waals surface area contributed by atoms with Crippen LogP contribution in [0.3, 0.4) is 0 Å². The fraction of sp³-hybridized carbons (Fsp3) is 0.222. The second kappa shape index (κ2) is 6.52. The maximum absolute atomic E-state index is 12.2. The van der Waals surface area contributed by atoms with Gasteiger partial charge in [-0.15, -0.1) is 0 Å². The van der Waals surface area contributed by atoms with Crippen molar-refractivity contribution in [1.82, 2.24) is 0 Å². The van der Waals surface area contributed by atoms with Crippen molar-refractivity contribution < 1.29 is 14.3 Å². The number of amides is 1. The molecule has 118 valence electrons. The highest BCUT2D eigenvalue weighted by molar-refractivity contribution is 5.97. The van der Waals surface area contributed by atoms with E-state index in [1.807, 2.05) is 43.3 Å². The van der Waals surface area contributed by atoms with Crippen LogP contribution in [0.1, 0.15) is 18.9 Å². The minimum absolute atomic E-state index is 0.0191. The molecule has 1 aliphatic rings. The second-order valence-electron chi connectivity index (χ2n) is 5.38. The zero-order valence-electron chi connectivity index (χ0n) is 12.8. The Bertz CT molecular complexity index is 743. The van der Waals surface area contributed by atoms with Gasteiger partial charge in [0.15, 0.2) is 5.75 Å². The van der Waals surface area contributed by atoms with Crippen LogP contribution < -0.4 is 15.4 Å². The minimum Gasteiger partial charge on any atom is -0.423 e. The molecule has 0 aromatic heterocycles. The predicted molar refractivity (Wildman–Crippen MR) is 88.6 cm³/mol. The van der Waals surface area contributed by atoms with Gasteiger partial charge in [-0.05, 0) is 30.2 Å². The number of aryl methyl sites for hydroxylation is 1. The number of ether oxygens (including phenoxy) is 1. The first-order valence-electron chi connectivity index (χ1n) is 7.62. The number of fused-ring (bicyclic) bond motifs is 1. The van der Waals surface area contributed by atoms with Crippen LogP contribution >= 0.6 is 0 Å². The number of carbonyl (C=O) groups excluding carboxylic acids is 2. The van der Waals surface area contributed by atoms with Crippen molar-refractivity contribution in [3.8, 4) is 5.75 Å². The molecule has 0 bridgehead atoms. The zero-order chi connectivity index (χ0) is 16.2. The fourth-order valence-corrected chi connectivity index (χ4v) is 2.57. The molecule has 2 aromatic carbocycles. The molecule has 2 N–H and O–H groups in total. The molecule has 1 atom stereocenters. The SMILES string of the molecule is CCc1ccccc1NC(=O)C[C@@H]1Nc2ccccc2OC1=O. The van der Waals surface area contributed by atoms with Gasteiger partial charge in [0.1, 0.15) is 6.04 Å². The molecule has 0 unspecified atom stereocenters. The zero-order valence-corrected chi connectivity index (χ0v) is 12.8. The average molecular weight is 310 g/mol. The van der Waals surface area contributed by atoms with E-state index >= 15 is 0 Å². The molecule has 23 heavy (non-hydrogen) atoms. The van der Waals surface area contributed by atoms with Crippen LogP contribution in [-0.4, -0.2) is 17.9 Å². The summed E-state index contributed by atoms with van der Waals surface area (Å²) in [5.74, 6) is -0.173. The third kappa shape index (κ3) is 3.34. The standard InChI is InChI=1S/C18H18N2O3/c1-2-12-7-3-4-8-13(12)20-17(21)11-15-18(22)23-16-10-6-5-9-14(16)19-15/h3-10,15,19H,2,11H2,1H3,(H,20,21)/t15-/m0/s1. The summed E-state index contributed by atoms with van der Waals surface area (Å²) in [6.45, 7) is 2.03. The first-order chi connectivity index (χ1) is 11.2. The van der Waals surface area contributed by atoms with E-state index in [2.05, 4.69) is 10.6 Å². The molecular weight excluding hydrogens is 292 g/mol. The predicted octanol–water partition coefficient (Wildman–Crippen LogP) is 2.98. The average Bonchev–Trinajstić information content (AvgIpc) is 2.56. The van der Waals surface area contributed by atoms with Crippen molar-refractivity contribution in [2.75, 3.05) is 10.6 Å². The van der Waals surface area contributed by atoms with Gasteiger partial charge < -0.3 is 15.4 Å². The van der Waals surface area contributed by atoms with Crippen molar-refractivity contribution in [2.24, 2.45) is 0 Å². The van der Waals surface area contributed by atoms with E-state index in [0.29, 0.717) is 5.75 Å². The molecule has 5 nitrogen and oxygen atoms in total. The first kappa shape index (κ1) is 15.1. The molecule has 0 saturated heterocycles. The van der Waals surface area contributed by atoms with E-state index in [1.54, 1.807) is 12.1 Å². The maximum atomic E-state index is 12.2. The largest absolute Gasteiger partial charge is 0.423 e. The van der Waals surface area contributed by atoms with E-state index in [-0.39, 0.29) is 12.3 Å². The van der Waals surface area contributed by atoms with E-state index in [1.165, 1.54) is 0 Å². The minimum atomic E-state index is -0.682. The van der Waals surface area contributed by atoms with Gasteiger partial charge in [-0.1, -0.05) is 37.3 Å². The second-order valence-corrected chi connectivity index (χ2v) is 5.38. The Morgan fingerprint density at radius 1 is 1.17 bits per heavy atom. The van der Waals surface area contributed by atoms with Gasteiger partial charge >= 0.3 is 5.97 Å². The van der Waals surface area contributed by atoms with Crippen molar-refractivity contribution in [1.29, 1.82) is 0 Å². The molecule has 1 amide bonds. The quantitative estimate of drug-likeness (QED) is 0.673. The van der Waals surface area contributed by atoms with Crippen LogP contribution in [0.5, 0.6) is 5.75 Å². The highest BCUT2D eigenvalue weighted by Crippen LogP contribution is 2.29. The highest BCUT2D eigenvalue weighted by Gasteiger charge is 2.29. The third-order valence-corrected chi connectivity index (χ3v) is 3.77. The van der Waals surface area contributed by atoms with Gasteiger partial charge in [0.2, 0.25) is 5.91 Å². The highest BCUT2D eigenvalue weighted by atomic mass is 16.5. The topological polar surface area (TPSA) is 67.4 Å². The van der Waals surface area contributed by atoms with Gasteiger partial charge in [-0.3, -0.25) is 4.79 Å². The normalized spacial score (nSPS) is 16.0. The maximum Gasteiger partial charge on any atom is 0.334 e. The monoisotopic (exact) mass is 310 g/mol. The van der Waals surface area contributed by atoms with Crippen LogP contribution in [0.2, 0.25) is 0 Å². The smallest absolute Gasteiger partial charge is 0.334 e. The Kier molecular flexibility index (Phi) is 4.28. The lowest BCUT2D eigenvalue weighted by Gasteiger charge is -2.25. The number of carbonyl (C=O) groups is 2. The number of hydrogen-bond donors (Lipinski definition) is 2. The summed E-state index contributed by atoms with van der Waals surface area (Å²) in [4.78, 5) is 24.3. The van der Waals surface area contributed by atoms with Crippen LogP contribution in [0, 0.1) is 0 Å². The molecule has 5 heteroatoms. The van der Waals surface area contributed by atoms with Crippen LogP contribution in [0.4, 0.5) is 11.4 Å². The van der Waals surface area contributed by atoms with Crippen molar-refractivity contribution >= 4 is 23.3 Å². The molecule has 0 radical (unpaired) electrons. The van der Waals surface area contributed by atoms with Gasteiger partial charge in [0.25, 0.3) is 0 Å². The van der Waals surface area contributed by atoms with Crippen molar-refractivity contribution in [3.05, 3.63) is 54.1 Å². The summed E-state index contributed by atoms with van der Waals surface area (Å²) < 4.78 is 5.26. The molecule has 0 fully saturated rings. The van der Waals surface area contributed by atoms with Gasteiger partial charge in [0, 0.05) is 5.69 Å². The Balaban J connectivity index is 1.68. The third-order valence-electron chi connectivity index (χ3n) is 3.77. The number of hydrogen-bond acceptors (Lipinski definition) is 4. The van der Waals surface area contributed by atoms with E-state index < -0.39 is 12.0 Å². The Morgan fingerprint density at radius 3 is 2.74 bits per heavy atom. The number of anilines is 2. The number of nitrogens with one attached hydrogen (secondary N) is 2. The van der Waals surface area contributed by atoms with E-state index in [0.717, 1.165) is 23.4 Å². The van der Waals surface area contributed by atoms with Gasteiger partial charge in [0.05, 0.1) is 12.1 Å². The summed E-state index contributed by atoms with van der Waals surface area (Å²) in [6, 6.07) is 14.1. The Morgan fingerprint density at radius 2 is 1.91 bits per heavy atom. The Hall–Kier alpha value is -2.82. The van der Waals surface area contributed by atoms with Crippen LogP contribution in [0.15, 0.2) is 48.5 Å². The molecule has 1 heterocycles. The summed E-state index contributed by atoms with van der Waals surface area (Å²) in [5.41, 5.74) is 2.56. The van der Waals surface area contributed by atoms with Gasteiger partial charge in [-0.2, -0.15) is 0 Å². The summed E-state index contributed by atoms with van der Waals surface area (Å²) in [7, 11) is 0. The molecular formula is C18H18N2O3. The summed E-state index contributed by atoms with van der Waals surface area (Å²) >= 11 is 0. The van der Waals surface area contributed by atoms with Crippen LogP contribution in [0.25, 0.3) is 0 Å². The fourth-order valence-electron chi connectivity index (χ4n) is 2.57. The van der Waals surface area contributed by atoms with E-state index in [9.17, 15) is 9.59 Å². The lowest BCUT2D eigenvalue weighted by molar-refractivity contribution is -0.137. The van der Waals surface area contributed by atoms with Crippen LogP contribution in [-0.2, 0) is 16.0 Å². The van der Waals surface area contributed by atoms with Gasteiger partial charge in [-0.25, -0.2) is 4.79 Å². The summed E-state index contributed by atoms with van der Waals surface area (Å²) in [5, 5.41) is 5.92. The lowest BCUT2D eigenvalue weighted by atomic mass is 10.1. The first-order valence-corrected chi connectivity index (χ1v) is 7.62. The number of rotatable bonds is 4. The number of benzene rings is 2.